The van der Waals surface area contributed by atoms with E-state index in [1.165, 1.54) is 0 Å². The Hall–Kier alpha value is -1.77. The fourth-order valence-corrected chi connectivity index (χ4v) is 3.41. The summed E-state index contributed by atoms with van der Waals surface area (Å²) in [6, 6.07) is 1.94. The van der Waals surface area contributed by atoms with E-state index in [1.807, 2.05) is 19.9 Å². The highest BCUT2D eigenvalue weighted by atomic mass is 35.5. The van der Waals surface area contributed by atoms with E-state index in [0.29, 0.717) is 24.8 Å². The van der Waals surface area contributed by atoms with Gasteiger partial charge in [-0.1, -0.05) is 0 Å². The molecule has 1 amide bonds. The van der Waals surface area contributed by atoms with E-state index in [9.17, 15) is 4.79 Å². The Morgan fingerprint density at radius 3 is 2.77 bits per heavy atom. The SMILES string of the molecule is COCC1(CNC(=O)Cc2nc3nc(C)cc(C)n3n2)CCNCC1.Cl. The minimum Gasteiger partial charge on any atom is -0.384 e. The zero-order chi connectivity index (χ0) is 17.9. The number of carbonyl (C=O) groups is 1. The summed E-state index contributed by atoms with van der Waals surface area (Å²) in [6.07, 6.45) is 2.15. The van der Waals surface area contributed by atoms with E-state index < -0.39 is 0 Å². The van der Waals surface area contributed by atoms with Crippen LogP contribution in [0.4, 0.5) is 0 Å². The topological polar surface area (TPSA) is 93.4 Å². The predicted molar refractivity (Wildman–Crippen MR) is 101 cm³/mol. The first kappa shape index (κ1) is 20.5. The highest BCUT2D eigenvalue weighted by Crippen LogP contribution is 2.28. The smallest absolute Gasteiger partial charge is 0.252 e. The number of fused-ring (bicyclic) bond motifs is 1. The van der Waals surface area contributed by atoms with Crippen molar-refractivity contribution >= 4 is 24.1 Å². The summed E-state index contributed by atoms with van der Waals surface area (Å²) in [7, 11) is 1.71. The Balaban J connectivity index is 0.00000243. The van der Waals surface area contributed by atoms with E-state index in [1.54, 1.807) is 11.6 Å². The van der Waals surface area contributed by atoms with Crippen molar-refractivity contribution in [3.05, 3.63) is 23.3 Å². The molecule has 3 heterocycles. The summed E-state index contributed by atoms with van der Waals surface area (Å²) < 4.78 is 7.06. The van der Waals surface area contributed by atoms with Gasteiger partial charge in [-0.25, -0.2) is 9.50 Å². The maximum atomic E-state index is 12.4. The molecule has 0 radical (unpaired) electrons. The monoisotopic (exact) mass is 382 g/mol. The van der Waals surface area contributed by atoms with Crippen LogP contribution >= 0.6 is 12.4 Å². The lowest BCUT2D eigenvalue weighted by Crippen LogP contribution is -2.47. The number of hydrogen-bond acceptors (Lipinski definition) is 6. The van der Waals surface area contributed by atoms with Crippen molar-refractivity contribution in [3.63, 3.8) is 0 Å². The summed E-state index contributed by atoms with van der Waals surface area (Å²) in [5.74, 6) is 0.957. The second kappa shape index (κ2) is 8.75. The summed E-state index contributed by atoms with van der Waals surface area (Å²) in [5.41, 5.74) is 1.85. The first-order valence-electron chi connectivity index (χ1n) is 8.68. The molecular formula is C17H27ClN6O2. The number of halogens is 1. The zero-order valence-electron chi connectivity index (χ0n) is 15.5. The van der Waals surface area contributed by atoms with Gasteiger partial charge in [0.2, 0.25) is 5.91 Å². The van der Waals surface area contributed by atoms with Gasteiger partial charge in [-0.2, -0.15) is 4.98 Å². The number of hydrogen-bond donors (Lipinski definition) is 2. The van der Waals surface area contributed by atoms with Gasteiger partial charge in [-0.3, -0.25) is 4.79 Å². The Bertz CT molecular complexity index is 752. The van der Waals surface area contributed by atoms with Crippen LogP contribution < -0.4 is 10.6 Å². The van der Waals surface area contributed by atoms with Gasteiger partial charge in [0, 0.05) is 30.5 Å². The van der Waals surface area contributed by atoms with Gasteiger partial charge in [0.25, 0.3) is 5.78 Å². The third-order valence-corrected chi connectivity index (χ3v) is 4.76. The van der Waals surface area contributed by atoms with Crippen LogP contribution in [0.15, 0.2) is 6.07 Å². The highest BCUT2D eigenvalue weighted by Gasteiger charge is 2.32. The van der Waals surface area contributed by atoms with E-state index in [-0.39, 0.29) is 30.2 Å². The van der Waals surface area contributed by atoms with Crippen LogP contribution in [0.25, 0.3) is 5.78 Å². The Kier molecular flexibility index (Phi) is 6.91. The zero-order valence-corrected chi connectivity index (χ0v) is 16.4. The number of rotatable bonds is 6. The average molecular weight is 383 g/mol. The summed E-state index contributed by atoms with van der Waals surface area (Å²) >= 11 is 0. The van der Waals surface area contributed by atoms with Gasteiger partial charge >= 0.3 is 0 Å². The molecule has 0 atom stereocenters. The molecule has 1 fully saturated rings. The number of carbonyl (C=O) groups excluding carboxylic acids is 1. The van der Waals surface area contributed by atoms with Crippen molar-refractivity contribution in [2.75, 3.05) is 33.4 Å². The standard InChI is InChI=1S/C17H26N6O2.ClH/c1-12-8-13(2)23-16(20-12)21-14(22-23)9-15(24)19-10-17(11-25-3)4-6-18-7-5-17;/h8,18H,4-7,9-11H2,1-3H3,(H,19,24);1H. The molecule has 0 aliphatic carbocycles. The number of methoxy groups -OCH3 is 1. The van der Waals surface area contributed by atoms with Crippen LogP contribution in [0.3, 0.4) is 0 Å². The Morgan fingerprint density at radius 1 is 1.35 bits per heavy atom. The molecule has 8 nitrogen and oxygen atoms in total. The second-order valence-corrected chi connectivity index (χ2v) is 6.92. The van der Waals surface area contributed by atoms with Gasteiger partial charge in [0.1, 0.15) is 0 Å². The average Bonchev–Trinajstić information content (AvgIpc) is 2.97. The largest absolute Gasteiger partial charge is 0.384 e. The van der Waals surface area contributed by atoms with Crippen molar-refractivity contribution in [2.45, 2.75) is 33.1 Å². The van der Waals surface area contributed by atoms with Gasteiger partial charge in [0.05, 0.1) is 13.0 Å². The molecule has 2 aromatic heterocycles. The van der Waals surface area contributed by atoms with Crippen LogP contribution in [0, 0.1) is 19.3 Å². The van der Waals surface area contributed by atoms with Crippen molar-refractivity contribution in [1.29, 1.82) is 0 Å². The van der Waals surface area contributed by atoms with Crippen LogP contribution in [0.5, 0.6) is 0 Å². The molecule has 3 rings (SSSR count). The molecule has 0 saturated carbocycles. The summed E-state index contributed by atoms with van der Waals surface area (Å²) in [6.45, 7) is 7.05. The molecule has 0 bridgehead atoms. The highest BCUT2D eigenvalue weighted by molar-refractivity contribution is 5.85. The van der Waals surface area contributed by atoms with Crippen molar-refractivity contribution in [2.24, 2.45) is 5.41 Å². The molecule has 1 saturated heterocycles. The molecule has 26 heavy (non-hydrogen) atoms. The molecule has 2 N–H and O–H groups in total. The second-order valence-electron chi connectivity index (χ2n) is 6.92. The molecule has 1 aliphatic heterocycles. The van der Waals surface area contributed by atoms with Crippen LogP contribution in [-0.2, 0) is 16.0 Å². The lowest BCUT2D eigenvalue weighted by Gasteiger charge is -2.37. The first-order valence-corrected chi connectivity index (χ1v) is 8.68. The number of nitrogens with zero attached hydrogens (tertiary/aromatic N) is 4. The molecular weight excluding hydrogens is 356 g/mol. The van der Waals surface area contributed by atoms with Crippen LogP contribution in [0.2, 0.25) is 0 Å². The summed E-state index contributed by atoms with van der Waals surface area (Å²) in [5, 5.41) is 10.8. The number of ether oxygens (including phenoxy) is 1. The van der Waals surface area contributed by atoms with Gasteiger partial charge in [-0.15, -0.1) is 17.5 Å². The maximum absolute atomic E-state index is 12.4. The van der Waals surface area contributed by atoms with Gasteiger partial charge in [-0.05, 0) is 45.8 Å². The molecule has 9 heteroatoms. The molecule has 0 spiro atoms. The van der Waals surface area contributed by atoms with Crippen molar-refractivity contribution in [3.8, 4) is 0 Å². The normalized spacial score (nSPS) is 16.3. The molecule has 0 aromatic carbocycles. The molecule has 2 aromatic rings. The number of aromatic nitrogens is 4. The lowest BCUT2D eigenvalue weighted by molar-refractivity contribution is -0.121. The Morgan fingerprint density at radius 2 is 2.08 bits per heavy atom. The van der Waals surface area contributed by atoms with Crippen molar-refractivity contribution < 1.29 is 9.53 Å². The number of amides is 1. The lowest BCUT2D eigenvalue weighted by atomic mass is 9.79. The van der Waals surface area contributed by atoms with E-state index >= 15 is 0 Å². The first-order chi connectivity index (χ1) is 12.0. The van der Waals surface area contributed by atoms with Gasteiger partial charge in [0.15, 0.2) is 5.82 Å². The predicted octanol–water partition coefficient (Wildman–Crippen LogP) is 0.838. The fraction of sp³-hybridized carbons (Fsp3) is 0.647. The minimum absolute atomic E-state index is 0. The van der Waals surface area contributed by atoms with Crippen LogP contribution in [0.1, 0.15) is 30.1 Å². The van der Waals surface area contributed by atoms with E-state index in [0.717, 1.165) is 37.3 Å². The molecule has 0 unspecified atom stereocenters. The molecule has 144 valence electrons. The van der Waals surface area contributed by atoms with E-state index in [2.05, 4.69) is 25.7 Å². The maximum Gasteiger partial charge on any atom is 0.252 e. The third-order valence-electron chi connectivity index (χ3n) is 4.76. The molecule has 1 aliphatic rings. The van der Waals surface area contributed by atoms with E-state index in [4.69, 9.17) is 4.74 Å². The fourth-order valence-electron chi connectivity index (χ4n) is 3.41. The van der Waals surface area contributed by atoms with Gasteiger partial charge < -0.3 is 15.4 Å². The number of nitrogens with one attached hydrogen (secondary N) is 2. The summed E-state index contributed by atoms with van der Waals surface area (Å²) in [4.78, 5) is 21.1. The third kappa shape index (κ3) is 4.69. The Labute approximate surface area is 159 Å². The number of aryl methyl sites for hydroxylation is 2. The van der Waals surface area contributed by atoms with Crippen molar-refractivity contribution in [1.82, 2.24) is 30.2 Å². The van der Waals surface area contributed by atoms with Crippen LogP contribution in [-0.4, -0.2) is 58.8 Å². The number of piperidine rings is 1. The minimum atomic E-state index is -0.0701. The quantitative estimate of drug-likeness (QED) is 0.768.